The standard InChI is InChI=1S/C33H25Cl2N3O5S2/c1-18-4-3-5-20(14-18)16-42-24-11-8-21(9-12-24)29(39)27-28(26-13-6-19(2)43-26)38(31(41)30(27)40)32-36-37-33(45-32)44-17-22-7-10-23(34)15-25(22)35/h3-15,28,39H,16-17H2,1-2H3/b29-27+. The smallest absolute Gasteiger partial charge is 0.302 e. The third kappa shape index (κ3) is 6.64. The number of aliphatic hydroxyl groups is 1. The summed E-state index contributed by atoms with van der Waals surface area (Å²) in [5.74, 6) is -0.0645. The Morgan fingerprint density at radius 2 is 1.82 bits per heavy atom. The van der Waals surface area contributed by atoms with Gasteiger partial charge in [-0.1, -0.05) is 82.2 Å². The number of ketones is 1. The number of anilines is 1. The number of ether oxygens (including phenoxy) is 1. The van der Waals surface area contributed by atoms with Crippen LogP contribution < -0.4 is 9.64 Å². The topological polar surface area (TPSA) is 106 Å². The Hall–Kier alpha value is -4.09. The van der Waals surface area contributed by atoms with Crippen molar-refractivity contribution in [2.24, 2.45) is 0 Å². The van der Waals surface area contributed by atoms with Crippen molar-refractivity contribution >= 4 is 68.9 Å². The molecule has 3 aromatic carbocycles. The summed E-state index contributed by atoms with van der Waals surface area (Å²) in [4.78, 5) is 28.2. The van der Waals surface area contributed by atoms with Gasteiger partial charge in [-0.25, -0.2) is 0 Å². The van der Waals surface area contributed by atoms with Gasteiger partial charge in [-0.05, 0) is 73.5 Å². The molecule has 3 heterocycles. The van der Waals surface area contributed by atoms with Gasteiger partial charge in [0.25, 0.3) is 5.78 Å². The number of carbonyl (C=O) groups is 2. The summed E-state index contributed by atoms with van der Waals surface area (Å²) in [7, 11) is 0. The summed E-state index contributed by atoms with van der Waals surface area (Å²) in [6.07, 6.45) is 0. The zero-order valence-corrected chi connectivity index (χ0v) is 27.1. The number of rotatable bonds is 9. The lowest BCUT2D eigenvalue weighted by atomic mass is 9.99. The lowest BCUT2D eigenvalue weighted by Gasteiger charge is -2.20. The molecule has 45 heavy (non-hydrogen) atoms. The molecule has 0 saturated carbocycles. The first kappa shape index (κ1) is 30.9. The summed E-state index contributed by atoms with van der Waals surface area (Å²) in [6.45, 7) is 4.15. The van der Waals surface area contributed by atoms with Gasteiger partial charge in [-0.2, -0.15) is 0 Å². The number of hydrogen-bond donors (Lipinski definition) is 1. The van der Waals surface area contributed by atoms with Gasteiger partial charge in [0.1, 0.15) is 35.7 Å². The second kappa shape index (κ2) is 13.1. The van der Waals surface area contributed by atoms with Crippen LogP contribution in [0.4, 0.5) is 5.13 Å². The molecule has 1 fully saturated rings. The van der Waals surface area contributed by atoms with Gasteiger partial charge in [0.05, 0.1) is 5.57 Å². The van der Waals surface area contributed by atoms with Crippen LogP contribution in [0.5, 0.6) is 5.75 Å². The van der Waals surface area contributed by atoms with E-state index in [-0.39, 0.29) is 16.5 Å². The number of furan rings is 1. The molecule has 0 bridgehead atoms. The van der Waals surface area contributed by atoms with Crippen LogP contribution in [0.2, 0.25) is 10.0 Å². The zero-order chi connectivity index (χ0) is 31.7. The van der Waals surface area contributed by atoms with E-state index in [0.29, 0.717) is 49.6 Å². The minimum Gasteiger partial charge on any atom is -0.507 e. The highest BCUT2D eigenvalue weighted by Gasteiger charge is 2.49. The van der Waals surface area contributed by atoms with Crippen LogP contribution in [0, 0.1) is 13.8 Å². The van der Waals surface area contributed by atoms with Crippen molar-refractivity contribution < 1.29 is 23.8 Å². The average Bonchev–Trinajstić information content (AvgIpc) is 3.73. The van der Waals surface area contributed by atoms with Gasteiger partial charge in [0.15, 0.2) is 4.34 Å². The van der Waals surface area contributed by atoms with Crippen LogP contribution in [0.25, 0.3) is 5.76 Å². The highest BCUT2D eigenvalue weighted by molar-refractivity contribution is 8.00. The quantitative estimate of drug-likeness (QED) is 0.0544. The SMILES string of the molecule is Cc1cccc(COc2ccc(/C(O)=C3\C(=O)C(=O)N(c4nnc(SCc5ccc(Cl)cc5Cl)s4)C3c3ccc(C)o3)cc2)c1. The summed E-state index contributed by atoms with van der Waals surface area (Å²) in [5, 5.41) is 21.2. The lowest BCUT2D eigenvalue weighted by molar-refractivity contribution is -0.132. The maximum atomic E-state index is 13.5. The fourth-order valence-electron chi connectivity index (χ4n) is 4.87. The van der Waals surface area contributed by atoms with E-state index in [0.717, 1.165) is 28.0 Å². The number of aliphatic hydroxyl groups excluding tert-OH is 1. The van der Waals surface area contributed by atoms with E-state index in [2.05, 4.69) is 10.2 Å². The van der Waals surface area contributed by atoms with Crippen LogP contribution in [0.15, 0.2) is 93.2 Å². The summed E-state index contributed by atoms with van der Waals surface area (Å²) >= 11 is 14.9. The Balaban J connectivity index is 1.27. The molecule has 0 radical (unpaired) electrons. The van der Waals surface area contributed by atoms with Crippen LogP contribution >= 0.6 is 46.3 Å². The van der Waals surface area contributed by atoms with Gasteiger partial charge < -0.3 is 14.3 Å². The maximum Gasteiger partial charge on any atom is 0.302 e. The molecule has 1 unspecified atom stereocenters. The van der Waals surface area contributed by atoms with Gasteiger partial charge in [-0.15, -0.1) is 10.2 Å². The van der Waals surface area contributed by atoms with Crippen molar-refractivity contribution in [3.8, 4) is 5.75 Å². The van der Waals surface area contributed by atoms with E-state index in [1.807, 2.05) is 37.3 Å². The number of nitrogens with zero attached hydrogens (tertiary/aromatic N) is 3. The van der Waals surface area contributed by atoms with Crippen molar-refractivity contribution in [2.45, 2.75) is 36.6 Å². The van der Waals surface area contributed by atoms with Gasteiger partial charge >= 0.3 is 5.91 Å². The van der Waals surface area contributed by atoms with E-state index >= 15 is 0 Å². The number of thioether (sulfide) groups is 1. The molecule has 0 aliphatic carbocycles. The monoisotopic (exact) mass is 677 g/mol. The Morgan fingerprint density at radius 1 is 1.02 bits per heavy atom. The Morgan fingerprint density at radius 3 is 2.53 bits per heavy atom. The molecular weight excluding hydrogens is 653 g/mol. The minimum atomic E-state index is -1.05. The fourth-order valence-corrected chi connectivity index (χ4v) is 7.29. The Kier molecular flexibility index (Phi) is 9.00. The van der Waals surface area contributed by atoms with Gasteiger partial charge in [0, 0.05) is 21.4 Å². The number of amides is 1. The Bertz CT molecular complexity index is 1940. The fraction of sp³-hybridized carbons (Fsp3) is 0.152. The second-order valence-electron chi connectivity index (χ2n) is 10.3. The number of benzene rings is 3. The van der Waals surface area contributed by atoms with E-state index in [1.165, 1.54) is 16.7 Å². The number of Topliss-reactive ketones (excluding diaryl/α,β-unsaturated/α-hetero) is 1. The normalized spacial score (nSPS) is 16.0. The third-order valence-electron chi connectivity index (χ3n) is 7.06. The third-order valence-corrected chi connectivity index (χ3v) is 9.75. The van der Waals surface area contributed by atoms with Gasteiger partial charge in [-0.3, -0.25) is 14.5 Å². The first-order valence-corrected chi connectivity index (χ1v) is 16.3. The first-order chi connectivity index (χ1) is 21.7. The van der Waals surface area contributed by atoms with Gasteiger partial charge in [0.2, 0.25) is 5.13 Å². The predicted molar refractivity (Wildman–Crippen MR) is 176 cm³/mol. The van der Waals surface area contributed by atoms with Crippen LogP contribution in [0.1, 0.15) is 39.8 Å². The number of halogens is 2. The van der Waals surface area contributed by atoms with E-state index in [9.17, 15) is 14.7 Å². The number of aryl methyl sites for hydroxylation is 2. The summed E-state index contributed by atoms with van der Waals surface area (Å²) < 4.78 is 12.4. The van der Waals surface area contributed by atoms with Crippen molar-refractivity contribution in [2.75, 3.05) is 4.90 Å². The number of aromatic nitrogens is 2. The molecule has 1 N–H and O–H groups in total. The molecule has 1 saturated heterocycles. The van der Waals surface area contributed by atoms with Crippen LogP contribution in [0.3, 0.4) is 0 Å². The molecule has 2 aromatic heterocycles. The van der Waals surface area contributed by atoms with Crippen molar-refractivity contribution in [3.63, 3.8) is 0 Å². The molecule has 1 aliphatic rings. The first-order valence-electron chi connectivity index (χ1n) is 13.7. The van der Waals surface area contributed by atoms with Crippen LogP contribution in [-0.2, 0) is 21.9 Å². The van der Waals surface area contributed by atoms with Crippen molar-refractivity contribution in [1.82, 2.24) is 10.2 Å². The minimum absolute atomic E-state index is 0.111. The Labute approximate surface area is 277 Å². The highest BCUT2D eigenvalue weighted by Crippen LogP contribution is 2.44. The number of carbonyl (C=O) groups excluding carboxylic acids is 2. The largest absolute Gasteiger partial charge is 0.507 e. The molecule has 1 amide bonds. The maximum absolute atomic E-state index is 13.5. The molecule has 1 aliphatic heterocycles. The van der Waals surface area contributed by atoms with E-state index in [1.54, 1.807) is 55.5 Å². The molecule has 1 atom stereocenters. The zero-order valence-electron chi connectivity index (χ0n) is 24.0. The van der Waals surface area contributed by atoms with E-state index in [4.69, 9.17) is 32.4 Å². The molecule has 8 nitrogen and oxygen atoms in total. The molecular formula is C33H25Cl2N3O5S2. The molecule has 12 heteroatoms. The molecule has 6 rings (SSSR count). The second-order valence-corrected chi connectivity index (χ2v) is 13.3. The summed E-state index contributed by atoms with van der Waals surface area (Å²) in [5.41, 5.74) is 3.27. The highest BCUT2D eigenvalue weighted by atomic mass is 35.5. The van der Waals surface area contributed by atoms with Crippen molar-refractivity contribution in [1.29, 1.82) is 0 Å². The molecule has 0 spiro atoms. The molecule has 228 valence electrons. The van der Waals surface area contributed by atoms with Crippen molar-refractivity contribution in [3.05, 3.63) is 128 Å². The number of hydrogen-bond acceptors (Lipinski definition) is 9. The lowest BCUT2D eigenvalue weighted by Crippen LogP contribution is -2.29. The predicted octanol–water partition coefficient (Wildman–Crippen LogP) is 8.55. The summed E-state index contributed by atoms with van der Waals surface area (Å²) in [6, 6.07) is 22.3. The average molecular weight is 679 g/mol. The molecule has 5 aromatic rings. The van der Waals surface area contributed by atoms with Crippen LogP contribution in [-0.4, -0.2) is 27.0 Å². The van der Waals surface area contributed by atoms with E-state index < -0.39 is 17.7 Å².